The van der Waals surface area contributed by atoms with Crippen LogP contribution in [0.2, 0.25) is 0 Å². The van der Waals surface area contributed by atoms with Gasteiger partial charge in [-0.15, -0.1) is 0 Å². The molecule has 0 aliphatic carbocycles. The van der Waals surface area contributed by atoms with Crippen molar-refractivity contribution in [2.45, 2.75) is 20.3 Å². The summed E-state index contributed by atoms with van der Waals surface area (Å²) in [5, 5.41) is 0. The highest BCUT2D eigenvalue weighted by atomic mass is 16.4. The molecule has 2 aromatic rings. The van der Waals surface area contributed by atoms with Gasteiger partial charge in [0, 0.05) is 6.42 Å². The third-order valence-corrected chi connectivity index (χ3v) is 2.29. The Labute approximate surface area is 86.1 Å². The molecule has 78 valence electrons. The molecule has 0 radical (unpaired) electrons. The molecule has 0 N–H and O–H groups in total. The first kappa shape index (κ1) is 9.71. The Hall–Kier alpha value is -1.84. The van der Waals surface area contributed by atoms with Gasteiger partial charge < -0.3 is 4.42 Å². The fourth-order valence-electron chi connectivity index (χ4n) is 1.52. The number of benzene rings is 1. The summed E-state index contributed by atoms with van der Waals surface area (Å²) in [6, 6.07) is 5.32. The largest absolute Gasteiger partial charge is 0.426 e. The molecule has 2 rings (SSSR count). The monoisotopic (exact) mass is 205 g/mol. The first-order chi connectivity index (χ1) is 7.13. The summed E-state index contributed by atoms with van der Waals surface area (Å²) in [6.45, 7) is 3.61. The minimum Gasteiger partial charge on any atom is -0.407 e. The second kappa shape index (κ2) is 3.38. The minimum absolute atomic E-state index is 0.248. The number of aryl methyl sites for hydroxylation is 1. The Bertz CT molecular complexity index is 577. The van der Waals surface area contributed by atoms with Crippen molar-refractivity contribution in [1.82, 2.24) is 4.57 Å². The highest BCUT2D eigenvalue weighted by molar-refractivity contribution is 5.89. The van der Waals surface area contributed by atoms with E-state index in [1.54, 1.807) is 19.1 Å². The Morgan fingerprint density at radius 3 is 2.87 bits per heavy atom. The predicted molar refractivity (Wildman–Crippen MR) is 56.1 cm³/mol. The molecule has 0 spiro atoms. The van der Waals surface area contributed by atoms with Crippen molar-refractivity contribution in [3.63, 3.8) is 0 Å². The van der Waals surface area contributed by atoms with Crippen molar-refractivity contribution in [2.24, 2.45) is 0 Å². The topological polar surface area (TPSA) is 52.2 Å². The van der Waals surface area contributed by atoms with Gasteiger partial charge in [0.2, 0.25) is 5.91 Å². The molecule has 4 nitrogen and oxygen atoms in total. The minimum atomic E-state index is -0.609. The standard InChI is InChI=1S/C11H11NO3/c1-3-10(13)12-8-5-4-7(2)6-9(8)15-11(12)14/h4-6H,3H2,1-2H3. The van der Waals surface area contributed by atoms with E-state index >= 15 is 0 Å². The number of oxazole rings is 1. The van der Waals surface area contributed by atoms with E-state index < -0.39 is 5.76 Å². The highest BCUT2D eigenvalue weighted by Crippen LogP contribution is 2.14. The molecule has 0 bridgehead atoms. The number of aromatic nitrogens is 1. The SMILES string of the molecule is CCC(=O)n1c(=O)oc2cc(C)ccc21. The van der Waals surface area contributed by atoms with Crippen LogP contribution in [0.15, 0.2) is 27.4 Å². The maximum atomic E-state index is 11.5. The Morgan fingerprint density at radius 1 is 1.47 bits per heavy atom. The van der Waals surface area contributed by atoms with Crippen molar-refractivity contribution in [1.29, 1.82) is 0 Å². The molecule has 0 amide bonds. The van der Waals surface area contributed by atoms with Crippen LogP contribution in [-0.2, 0) is 0 Å². The molecule has 0 atom stereocenters. The number of hydrogen-bond acceptors (Lipinski definition) is 3. The summed E-state index contributed by atoms with van der Waals surface area (Å²) < 4.78 is 6.07. The number of carbonyl (C=O) groups is 1. The highest BCUT2D eigenvalue weighted by Gasteiger charge is 2.13. The summed E-state index contributed by atoms with van der Waals surface area (Å²) in [4.78, 5) is 22.9. The average Bonchev–Trinajstić information content (AvgIpc) is 2.52. The number of fused-ring (bicyclic) bond motifs is 1. The molecule has 0 saturated carbocycles. The third-order valence-electron chi connectivity index (χ3n) is 2.29. The van der Waals surface area contributed by atoms with E-state index in [9.17, 15) is 9.59 Å². The van der Waals surface area contributed by atoms with E-state index in [-0.39, 0.29) is 12.3 Å². The fourth-order valence-corrected chi connectivity index (χ4v) is 1.52. The van der Waals surface area contributed by atoms with Crippen LogP contribution in [0.25, 0.3) is 11.1 Å². The molecule has 1 aromatic carbocycles. The summed E-state index contributed by atoms with van der Waals surface area (Å²) in [6.07, 6.45) is 0.280. The van der Waals surface area contributed by atoms with Gasteiger partial charge in [-0.1, -0.05) is 13.0 Å². The lowest BCUT2D eigenvalue weighted by Gasteiger charge is -1.97. The third kappa shape index (κ3) is 1.48. The van der Waals surface area contributed by atoms with Crippen LogP contribution < -0.4 is 5.76 Å². The van der Waals surface area contributed by atoms with Crippen LogP contribution >= 0.6 is 0 Å². The van der Waals surface area contributed by atoms with Crippen LogP contribution in [0.5, 0.6) is 0 Å². The lowest BCUT2D eigenvalue weighted by atomic mass is 10.2. The van der Waals surface area contributed by atoms with E-state index in [1.165, 1.54) is 0 Å². The van der Waals surface area contributed by atoms with Crippen LogP contribution in [-0.4, -0.2) is 10.5 Å². The Kier molecular flexibility index (Phi) is 2.19. The van der Waals surface area contributed by atoms with Gasteiger partial charge in [-0.3, -0.25) is 4.79 Å². The van der Waals surface area contributed by atoms with Crippen LogP contribution in [0.3, 0.4) is 0 Å². The molecule has 0 aliphatic heterocycles. The summed E-state index contributed by atoms with van der Waals surface area (Å²) in [7, 11) is 0. The molecule has 0 fully saturated rings. The summed E-state index contributed by atoms with van der Waals surface area (Å²) in [5.41, 5.74) is 1.99. The maximum absolute atomic E-state index is 11.5. The lowest BCUT2D eigenvalue weighted by Crippen LogP contribution is -2.21. The van der Waals surface area contributed by atoms with Crippen molar-refractivity contribution in [2.75, 3.05) is 0 Å². The summed E-state index contributed by atoms with van der Waals surface area (Å²) in [5.74, 6) is -0.856. The number of carbonyl (C=O) groups excluding carboxylic acids is 1. The van der Waals surface area contributed by atoms with Gasteiger partial charge in [-0.25, -0.2) is 9.36 Å². The summed E-state index contributed by atoms with van der Waals surface area (Å²) >= 11 is 0. The van der Waals surface area contributed by atoms with Crippen molar-refractivity contribution in [3.8, 4) is 0 Å². The predicted octanol–water partition coefficient (Wildman–Crippen LogP) is 1.95. The van der Waals surface area contributed by atoms with Gasteiger partial charge in [-0.05, 0) is 24.6 Å². The smallest absolute Gasteiger partial charge is 0.407 e. The number of rotatable bonds is 1. The Balaban J connectivity index is 2.80. The van der Waals surface area contributed by atoms with E-state index in [4.69, 9.17) is 4.42 Å². The molecule has 15 heavy (non-hydrogen) atoms. The van der Waals surface area contributed by atoms with E-state index in [1.807, 2.05) is 13.0 Å². The average molecular weight is 205 g/mol. The molecule has 0 saturated heterocycles. The second-order valence-electron chi connectivity index (χ2n) is 3.42. The maximum Gasteiger partial charge on any atom is 0.426 e. The van der Waals surface area contributed by atoms with Crippen LogP contribution in [0.4, 0.5) is 0 Å². The Morgan fingerprint density at radius 2 is 2.20 bits per heavy atom. The zero-order valence-electron chi connectivity index (χ0n) is 8.61. The molecule has 1 aromatic heterocycles. The zero-order chi connectivity index (χ0) is 11.0. The normalized spacial score (nSPS) is 10.8. The molecular weight excluding hydrogens is 194 g/mol. The van der Waals surface area contributed by atoms with Gasteiger partial charge in [0.25, 0.3) is 0 Å². The molecule has 4 heteroatoms. The number of nitrogens with zero attached hydrogens (tertiary/aromatic N) is 1. The van der Waals surface area contributed by atoms with E-state index in [2.05, 4.69) is 0 Å². The van der Waals surface area contributed by atoms with Gasteiger partial charge in [-0.2, -0.15) is 0 Å². The van der Waals surface area contributed by atoms with Gasteiger partial charge >= 0.3 is 5.76 Å². The molecular formula is C11H11NO3. The lowest BCUT2D eigenvalue weighted by molar-refractivity contribution is 0.0905. The first-order valence-corrected chi connectivity index (χ1v) is 4.79. The molecule has 1 heterocycles. The van der Waals surface area contributed by atoms with Crippen molar-refractivity contribution in [3.05, 3.63) is 34.3 Å². The van der Waals surface area contributed by atoms with E-state index in [0.717, 1.165) is 10.1 Å². The van der Waals surface area contributed by atoms with Crippen LogP contribution in [0.1, 0.15) is 23.7 Å². The van der Waals surface area contributed by atoms with E-state index in [0.29, 0.717) is 11.1 Å². The second-order valence-corrected chi connectivity index (χ2v) is 3.42. The molecule has 0 unspecified atom stereocenters. The van der Waals surface area contributed by atoms with Crippen LogP contribution in [0, 0.1) is 6.92 Å². The number of hydrogen-bond donors (Lipinski definition) is 0. The zero-order valence-corrected chi connectivity index (χ0v) is 8.61. The molecule has 0 aliphatic rings. The first-order valence-electron chi connectivity index (χ1n) is 4.79. The van der Waals surface area contributed by atoms with Crippen molar-refractivity contribution >= 4 is 17.0 Å². The fraction of sp³-hybridized carbons (Fsp3) is 0.273. The van der Waals surface area contributed by atoms with Gasteiger partial charge in [0.1, 0.15) is 0 Å². The van der Waals surface area contributed by atoms with Gasteiger partial charge in [0.05, 0.1) is 5.52 Å². The van der Waals surface area contributed by atoms with Crippen molar-refractivity contribution < 1.29 is 9.21 Å². The quantitative estimate of drug-likeness (QED) is 0.715. The van der Waals surface area contributed by atoms with Gasteiger partial charge in [0.15, 0.2) is 5.58 Å².